The van der Waals surface area contributed by atoms with Gasteiger partial charge in [0.05, 0.1) is 12.5 Å². The molecule has 0 aliphatic rings. The highest BCUT2D eigenvalue weighted by molar-refractivity contribution is 5.95. The molecule has 0 heterocycles. The van der Waals surface area contributed by atoms with E-state index < -0.39 is 72.1 Å². The molecule has 0 saturated carbocycles. The maximum Gasteiger partial charge on any atom is 0.325 e. The molecule has 0 aromatic heterocycles. The smallest absolute Gasteiger partial charge is 0.325 e. The van der Waals surface area contributed by atoms with Crippen molar-refractivity contribution in [1.29, 1.82) is 0 Å². The molecule has 5 atom stereocenters. The van der Waals surface area contributed by atoms with Crippen molar-refractivity contribution in [3.05, 3.63) is 0 Å². The molecular weight excluding hydrogens is 414 g/mol. The van der Waals surface area contributed by atoms with E-state index in [0.717, 1.165) is 0 Å². The highest BCUT2D eigenvalue weighted by atomic mass is 16.4. The molecule has 176 valence electrons. The summed E-state index contributed by atoms with van der Waals surface area (Å²) in [6.45, 7) is 4.58. The number of carboxylic acid groups (broad SMARTS) is 2. The van der Waals surface area contributed by atoms with E-state index in [1.54, 1.807) is 13.8 Å². The number of carbonyl (C=O) groups excluding carboxylic acids is 4. The molecule has 4 amide bonds. The Morgan fingerprint density at radius 1 is 0.903 bits per heavy atom. The van der Waals surface area contributed by atoms with E-state index in [4.69, 9.17) is 21.7 Å². The summed E-state index contributed by atoms with van der Waals surface area (Å²) in [7, 11) is 0. The van der Waals surface area contributed by atoms with Crippen LogP contribution in [0, 0.1) is 5.92 Å². The van der Waals surface area contributed by atoms with E-state index in [1.807, 2.05) is 0 Å². The number of rotatable bonds is 14. The van der Waals surface area contributed by atoms with Crippen LogP contribution in [0.1, 0.15) is 46.5 Å². The largest absolute Gasteiger partial charge is 0.481 e. The predicted octanol–water partition coefficient (Wildman–Crippen LogP) is -2.34. The fourth-order valence-electron chi connectivity index (χ4n) is 2.41. The maximum atomic E-state index is 12.8. The molecule has 0 saturated heterocycles. The molecule has 0 aliphatic heterocycles. The molecule has 0 bridgehead atoms. The Morgan fingerprint density at radius 2 is 1.48 bits per heavy atom. The lowest BCUT2D eigenvalue weighted by Gasteiger charge is -2.27. The van der Waals surface area contributed by atoms with Gasteiger partial charge in [-0.25, -0.2) is 0 Å². The Bertz CT molecular complexity index is 698. The summed E-state index contributed by atoms with van der Waals surface area (Å²) in [5.74, 6) is -6.37. The molecule has 0 rings (SSSR count). The molecule has 0 spiro atoms. The van der Waals surface area contributed by atoms with E-state index in [-0.39, 0.29) is 12.8 Å². The first-order chi connectivity index (χ1) is 14.3. The average Bonchev–Trinajstić information content (AvgIpc) is 2.67. The van der Waals surface area contributed by atoms with Gasteiger partial charge in [0, 0.05) is 6.42 Å². The highest BCUT2D eigenvalue weighted by Crippen LogP contribution is 2.10. The molecule has 5 unspecified atom stereocenters. The Hall–Kier alpha value is -3.22. The standard InChI is InChI=1S/C18H31N5O8/c1-4-8(2)14(23-15(27)10(19)5-6-12(20)24)17(29)22-11(7-13(25)26)16(28)21-9(3)18(30)31/h8-11,14H,4-7,19H2,1-3H3,(H2,20,24)(H,21,28)(H,22,29)(H,23,27)(H,25,26)(H,30,31). The first kappa shape index (κ1) is 27.8. The van der Waals surface area contributed by atoms with Crippen LogP contribution in [-0.2, 0) is 28.8 Å². The molecule has 13 heteroatoms. The Balaban J connectivity index is 5.40. The predicted molar refractivity (Wildman–Crippen MR) is 107 cm³/mol. The molecule has 13 nitrogen and oxygen atoms in total. The Labute approximate surface area is 179 Å². The number of nitrogens with one attached hydrogen (secondary N) is 3. The van der Waals surface area contributed by atoms with Gasteiger partial charge in [-0.3, -0.25) is 28.8 Å². The summed E-state index contributed by atoms with van der Waals surface area (Å²) in [6.07, 6.45) is -0.519. The van der Waals surface area contributed by atoms with E-state index in [2.05, 4.69) is 16.0 Å². The summed E-state index contributed by atoms with van der Waals surface area (Å²) in [5.41, 5.74) is 10.7. The molecule has 0 radical (unpaired) electrons. The Morgan fingerprint density at radius 3 is 1.94 bits per heavy atom. The first-order valence-electron chi connectivity index (χ1n) is 9.69. The van der Waals surface area contributed by atoms with Crippen LogP contribution in [0.2, 0.25) is 0 Å². The summed E-state index contributed by atoms with van der Waals surface area (Å²) in [6, 6.07) is -5.15. The van der Waals surface area contributed by atoms with Crippen LogP contribution in [0.5, 0.6) is 0 Å². The van der Waals surface area contributed by atoms with Crippen LogP contribution in [-0.4, -0.2) is 69.9 Å². The zero-order valence-electron chi connectivity index (χ0n) is 17.7. The second-order valence-corrected chi connectivity index (χ2v) is 7.21. The highest BCUT2D eigenvalue weighted by Gasteiger charge is 2.32. The van der Waals surface area contributed by atoms with Crippen molar-refractivity contribution in [3.8, 4) is 0 Å². The topological polar surface area (TPSA) is 231 Å². The van der Waals surface area contributed by atoms with Crippen molar-refractivity contribution < 1.29 is 39.0 Å². The minimum absolute atomic E-state index is 0.0346. The Kier molecular flexibility index (Phi) is 11.8. The number of amides is 4. The van der Waals surface area contributed by atoms with Crippen LogP contribution < -0.4 is 27.4 Å². The molecule has 0 aromatic carbocycles. The molecule has 0 aliphatic carbocycles. The van der Waals surface area contributed by atoms with E-state index in [9.17, 15) is 28.8 Å². The summed E-state index contributed by atoms with van der Waals surface area (Å²) in [5, 5.41) is 24.7. The number of nitrogens with two attached hydrogens (primary N) is 2. The number of hydrogen-bond acceptors (Lipinski definition) is 7. The lowest BCUT2D eigenvalue weighted by atomic mass is 9.97. The second-order valence-electron chi connectivity index (χ2n) is 7.21. The third-order valence-corrected chi connectivity index (χ3v) is 4.57. The summed E-state index contributed by atoms with van der Waals surface area (Å²) in [4.78, 5) is 70.2. The molecular formula is C18H31N5O8. The monoisotopic (exact) mass is 445 g/mol. The molecule has 9 N–H and O–H groups in total. The van der Waals surface area contributed by atoms with Crippen molar-refractivity contribution in [2.45, 2.75) is 70.6 Å². The van der Waals surface area contributed by atoms with E-state index in [1.165, 1.54) is 6.92 Å². The van der Waals surface area contributed by atoms with E-state index >= 15 is 0 Å². The third kappa shape index (κ3) is 10.4. The minimum Gasteiger partial charge on any atom is -0.481 e. The van der Waals surface area contributed by atoms with Gasteiger partial charge >= 0.3 is 11.9 Å². The van der Waals surface area contributed by atoms with Gasteiger partial charge in [-0.05, 0) is 19.3 Å². The maximum absolute atomic E-state index is 12.8. The van der Waals surface area contributed by atoms with Gasteiger partial charge in [-0.2, -0.15) is 0 Å². The normalized spacial score (nSPS) is 15.5. The van der Waals surface area contributed by atoms with Gasteiger partial charge in [0.25, 0.3) is 0 Å². The molecule has 0 aromatic rings. The number of primary amides is 1. The van der Waals surface area contributed by atoms with Crippen molar-refractivity contribution >= 4 is 35.6 Å². The lowest BCUT2D eigenvalue weighted by Crippen LogP contribution is -2.58. The van der Waals surface area contributed by atoms with Gasteiger partial charge < -0.3 is 37.6 Å². The van der Waals surface area contributed by atoms with Crippen molar-refractivity contribution in [2.24, 2.45) is 17.4 Å². The molecule has 31 heavy (non-hydrogen) atoms. The van der Waals surface area contributed by atoms with Gasteiger partial charge in [0.1, 0.15) is 18.1 Å². The van der Waals surface area contributed by atoms with Crippen molar-refractivity contribution in [2.75, 3.05) is 0 Å². The number of carbonyl (C=O) groups is 6. The van der Waals surface area contributed by atoms with Crippen molar-refractivity contribution in [3.63, 3.8) is 0 Å². The zero-order chi connectivity index (χ0) is 24.3. The lowest BCUT2D eigenvalue weighted by molar-refractivity contribution is -0.143. The number of hydrogen-bond donors (Lipinski definition) is 7. The van der Waals surface area contributed by atoms with Crippen LogP contribution in [0.15, 0.2) is 0 Å². The van der Waals surface area contributed by atoms with Crippen LogP contribution in [0.25, 0.3) is 0 Å². The van der Waals surface area contributed by atoms with Crippen LogP contribution in [0.4, 0.5) is 0 Å². The minimum atomic E-state index is -1.57. The van der Waals surface area contributed by atoms with Gasteiger partial charge in [-0.15, -0.1) is 0 Å². The zero-order valence-corrected chi connectivity index (χ0v) is 17.7. The van der Waals surface area contributed by atoms with Gasteiger partial charge in [-0.1, -0.05) is 20.3 Å². The van der Waals surface area contributed by atoms with Gasteiger partial charge in [0.2, 0.25) is 23.6 Å². The van der Waals surface area contributed by atoms with E-state index in [0.29, 0.717) is 6.42 Å². The summed E-state index contributed by atoms with van der Waals surface area (Å²) >= 11 is 0. The summed E-state index contributed by atoms with van der Waals surface area (Å²) < 4.78 is 0. The van der Waals surface area contributed by atoms with Crippen LogP contribution >= 0.6 is 0 Å². The number of carboxylic acids is 2. The average molecular weight is 445 g/mol. The van der Waals surface area contributed by atoms with Crippen molar-refractivity contribution in [1.82, 2.24) is 16.0 Å². The first-order valence-corrected chi connectivity index (χ1v) is 9.69. The molecule has 0 fully saturated rings. The SMILES string of the molecule is CCC(C)C(NC(=O)C(N)CCC(N)=O)C(=O)NC(CC(=O)O)C(=O)NC(C)C(=O)O. The third-order valence-electron chi connectivity index (χ3n) is 4.57. The second kappa shape index (κ2) is 13.2. The number of aliphatic carboxylic acids is 2. The quantitative estimate of drug-likeness (QED) is 0.151. The van der Waals surface area contributed by atoms with Gasteiger partial charge in [0.15, 0.2) is 0 Å². The fraction of sp³-hybridized carbons (Fsp3) is 0.667. The fourth-order valence-corrected chi connectivity index (χ4v) is 2.41. The van der Waals surface area contributed by atoms with Crippen LogP contribution in [0.3, 0.4) is 0 Å².